The smallest absolute Gasteiger partial charge is 0.164 e. The molecule has 1 fully saturated rings. The van der Waals surface area contributed by atoms with Gasteiger partial charge in [-0.05, 0) is 19.8 Å². The average Bonchev–Trinajstić information content (AvgIpc) is 2.98. The van der Waals surface area contributed by atoms with Crippen LogP contribution in [-0.2, 0) is 0 Å². The minimum absolute atomic E-state index is 0.176. The molecule has 0 aliphatic heterocycles. The van der Waals surface area contributed by atoms with E-state index in [0.29, 0.717) is 19.0 Å². The van der Waals surface area contributed by atoms with Crippen molar-refractivity contribution in [3.8, 4) is 0 Å². The second kappa shape index (κ2) is 7.55. The van der Waals surface area contributed by atoms with Crippen LogP contribution in [0.1, 0.15) is 48.0 Å². The molecule has 3 heteroatoms. The van der Waals surface area contributed by atoms with Gasteiger partial charge in [0.05, 0.1) is 6.61 Å². The summed E-state index contributed by atoms with van der Waals surface area (Å²) in [5, 5.41) is 9.18. The number of carbonyl (C=O) groups excluding carboxylic acids is 1. The highest BCUT2D eigenvalue weighted by molar-refractivity contribution is 5.96. The molecule has 1 N–H and O–H groups in total. The molecule has 0 unspecified atom stereocenters. The number of benzene rings is 1. The third-order valence-electron chi connectivity index (χ3n) is 4.23. The lowest BCUT2D eigenvalue weighted by molar-refractivity contribution is 0.0934. The van der Waals surface area contributed by atoms with Crippen LogP contribution >= 0.6 is 0 Å². The average molecular weight is 275 g/mol. The fourth-order valence-electron chi connectivity index (χ4n) is 3.00. The van der Waals surface area contributed by atoms with Gasteiger partial charge in [-0.25, -0.2) is 0 Å². The number of nitrogens with zero attached hydrogens (tertiary/aromatic N) is 1. The maximum Gasteiger partial charge on any atom is 0.164 e. The van der Waals surface area contributed by atoms with E-state index in [0.717, 1.165) is 12.1 Å². The zero-order valence-electron chi connectivity index (χ0n) is 12.3. The van der Waals surface area contributed by atoms with Crippen molar-refractivity contribution in [2.24, 2.45) is 0 Å². The zero-order chi connectivity index (χ0) is 14.4. The summed E-state index contributed by atoms with van der Waals surface area (Å²) in [5.74, 6) is 0.200. The Balaban J connectivity index is 1.87. The first-order valence-corrected chi connectivity index (χ1v) is 7.65. The Morgan fingerprint density at radius 2 is 1.85 bits per heavy atom. The van der Waals surface area contributed by atoms with Gasteiger partial charge >= 0.3 is 0 Å². The summed E-state index contributed by atoms with van der Waals surface area (Å²) in [6.07, 6.45) is 5.51. The first-order valence-electron chi connectivity index (χ1n) is 7.65. The number of aliphatic hydroxyl groups excluding tert-OH is 1. The van der Waals surface area contributed by atoms with Crippen LogP contribution in [0.4, 0.5) is 0 Å². The molecule has 0 aromatic heterocycles. The number of hydrogen-bond acceptors (Lipinski definition) is 3. The van der Waals surface area contributed by atoms with Crippen LogP contribution in [0.25, 0.3) is 0 Å². The van der Waals surface area contributed by atoms with E-state index in [4.69, 9.17) is 0 Å². The van der Waals surface area contributed by atoms with Crippen LogP contribution in [0, 0.1) is 6.92 Å². The minimum Gasteiger partial charge on any atom is -0.395 e. The number of Topliss-reactive ketones (excluding diaryl/α,β-unsaturated/α-hetero) is 1. The maximum atomic E-state index is 12.2. The van der Waals surface area contributed by atoms with Crippen molar-refractivity contribution in [3.05, 3.63) is 35.4 Å². The van der Waals surface area contributed by atoms with E-state index in [1.807, 2.05) is 31.2 Å². The molecule has 0 heterocycles. The third kappa shape index (κ3) is 4.15. The second-order valence-corrected chi connectivity index (χ2v) is 5.74. The predicted octanol–water partition coefficient (Wildman–Crippen LogP) is 2.80. The SMILES string of the molecule is Cc1ccc(C(=O)CCN(CCO)C2CCCC2)cc1. The van der Waals surface area contributed by atoms with Gasteiger partial charge in [-0.1, -0.05) is 42.7 Å². The molecule has 20 heavy (non-hydrogen) atoms. The van der Waals surface area contributed by atoms with Crippen LogP contribution in [0.15, 0.2) is 24.3 Å². The van der Waals surface area contributed by atoms with E-state index >= 15 is 0 Å². The molecule has 0 radical (unpaired) electrons. The van der Waals surface area contributed by atoms with E-state index in [1.54, 1.807) is 0 Å². The van der Waals surface area contributed by atoms with Gasteiger partial charge in [0.15, 0.2) is 5.78 Å². The first kappa shape index (κ1) is 15.2. The summed E-state index contributed by atoms with van der Waals surface area (Å²) in [6, 6.07) is 8.34. The van der Waals surface area contributed by atoms with E-state index < -0.39 is 0 Å². The van der Waals surface area contributed by atoms with Gasteiger partial charge in [-0.2, -0.15) is 0 Å². The maximum absolute atomic E-state index is 12.2. The fourth-order valence-corrected chi connectivity index (χ4v) is 3.00. The predicted molar refractivity (Wildman–Crippen MR) is 81.0 cm³/mol. The van der Waals surface area contributed by atoms with Crippen LogP contribution < -0.4 is 0 Å². The Bertz CT molecular complexity index is 421. The normalized spacial score (nSPS) is 15.9. The first-order chi connectivity index (χ1) is 9.70. The fraction of sp³-hybridized carbons (Fsp3) is 0.588. The monoisotopic (exact) mass is 275 g/mol. The van der Waals surface area contributed by atoms with Crippen molar-refractivity contribution < 1.29 is 9.90 Å². The molecule has 0 spiro atoms. The topological polar surface area (TPSA) is 40.5 Å². The highest BCUT2D eigenvalue weighted by Gasteiger charge is 2.22. The number of carbonyl (C=O) groups is 1. The lowest BCUT2D eigenvalue weighted by atomic mass is 10.1. The minimum atomic E-state index is 0.176. The number of hydrogen-bond donors (Lipinski definition) is 1. The summed E-state index contributed by atoms with van der Waals surface area (Å²) in [4.78, 5) is 14.5. The van der Waals surface area contributed by atoms with E-state index in [1.165, 1.54) is 31.2 Å². The Labute approximate surface area is 121 Å². The quantitative estimate of drug-likeness (QED) is 0.778. The summed E-state index contributed by atoms with van der Waals surface area (Å²) in [5.41, 5.74) is 1.97. The van der Waals surface area contributed by atoms with Crippen LogP contribution in [0.2, 0.25) is 0 Å². The highest BCUT2D eigenvalue weighted by Crippen LogP contribution is 2.23. The largest absolute Gasteiger partial charge is 0.395 e. The van der Waals surface area contributed by atoms with Crippen molar-refractivity contribution in [1.29, 1.82) is 0 Å². The third-order valence-corrected chi connectivity index (χ3v) is 4.23. The van der Waals surface area contributed by atoms with Crippen LogP contribution in [0.5, 0.6) is 0 Å². The van der Waals surface area contributed by atoms with Gasteiger partial charge in [0.2, 0.25) is 0 Å². The molecular weight excluding hydrogens is 250 g/mol. The molecule has 0 saturated heterocycles. The Kier molecular flexibility index (Phi) is 5.74. The summed E-state index contributed by atoms with van der Waals surface area (Å²) < 4.78 is 0. The molecule has 0 bridgehead atoms. The molecule has 1 aromatic carbocycles. The molecule has 2 rings (SSSR count). The standard InChI is InChI=1S/C17H25NO2/c1-14-6-8-15(9-7-14)17(20)10-11-18(12-13-19)16-4-2-3-5-16/h6-9,16,19H,2-5,10-13H2,1H3. The lowest BCUT2D eigenvalue weighted by Crippen LogP contribution is -2.37. The van der Waals surface area contributed by atoms with Gasteiger partial charge in [0.1, 0.15) is 0 Å². The van der Waals surface area contributed by atoms with Gasteiger partial charge < -0.3 is 5.11 Å². The van der Waals surface area contributed by atoms with Crippen molar-refractivity contribution in [2.75, 3.05) is 19.7 Å². The highest BCUT2D eigenvalue weighted by atomic mass is 16.3. The molecular formula is C17H25NO2. The summed E-state index contributed by atoms with van der Waals surface area (Å²) in [7, 11) is 0. The molecule has 1 aliphatic rings. The number of aliphatic hydroxyl groups is 1. The van der Waals surface area contributed by atoms with Crippen molar-refractivity contribution in [3.63, 3.8) is 0 Å². The molecule has 3 nitrogen and oxygen atoms in total. The van der Waals surface area contributed by atoms with Gasteiger partial charge in [0.25, 0.3) is 0 Å². The van der Waals surface area contributed by atoms with Crippen molar-refractivity contribution >= 4 is 5.78 Å². The Morgan fingerprint density at radius 1 is 1.20 bits per heavy atom. The Hall–Kier alpha value is -1.19. The van der Waals surface area contributed by atoms with Crippen LogP contribution in [-0.4, -0.2) is 41.5 Å². The van der Waals surface area contributed by atoms with Crippen LogP contribution in [0.3, 0.4) is 0 Å². The number of aryl methyl sites for hydroxylation is 1. The Morgan fingerprint density at radius 3 is 2.45 bits per heavy atom. The molecule has 1 aliphatic carbocycles. The molecule has 1 aromatic rings. The number of rotatable bonds is 7. The van der Waals surface area contributed by atoms with E-state index in [2.05, 4.69) is 4.90 Å². The van der Waals surface area contributed by atoms with Crippen molar-refractivity contribution in [2.45, 2.75) is 45.1 Å². The summed E-state index contributed by atoms with van der Waals surface area (Å²) in [6.45, 7) is 3.65. The lowest BCUT2D eigenvalue weighted by Gasteiger charge is -2.27. The second-order valence-electron chi connectivity index (χ2n) is 5.74. The molecule has 110 valence electrons. The molecule has 1 saturated carbocycles. The molecule has 0 atom stereocenters. The summed E-state index contributed by atoms with van der Waals surface area (Å²) >= 11 is 0. The van der Waals surface area contributed by atoms with Gasteiger partial charge in [-0.3, -0.25) is 9.69 Å². The molecule has 0 amide bonds. The zero-order valence-corrected chi connectivity index (χ0v) is 12.3. The van der Waals surface area contributed by atoms with E-state index in [9.17, 15) is 9.90 Å². The van der Waals surface area contributed by atoms with Gasteiger partial charge in [-0.15, -0.1) is 0 Å². The van der Waals surface area contributed by atoms with E-state index in [-0.39, 0.29) is 12.4 Å². The van der Waals surface area contributed by atoms with Gasteiger partial charge in [0, 0.05) is 31.1 Å². The van der Waals surface area contributed by atoms with Crippen molar-refractivity contribution in [1.82, 2.24) is 4.90 Å². The number of ketones is 1.